The number of ether oxygens (including phenoxy) is 1. The number of thiazole rings is 1. The van der Waals surface area contributed by atoms with E-state index in [0.29, 0.717) is 26.5 Å². The number of carbonyl (C=O) groups excluding carboxylic acids is 1. The van der Waals surface area contributed by atoms with E-state index >= 15 is 0 Å². The highest BCUT2D eigenvalue weighted by Crippen LogP contribution is 2.30. The average molecular weight is 327 g/mol. The second-order valence-electron chi connectivity index (χ2n) is 4.41. The first kappa shape index (κ1) is 15.4. The number of hydrogen-bond donors (Lipinski definition) is 2. The molecule has 0 bridgehead atoms. The van der Waals surface area contributed by atoms with Crippen molar-refractivity contribution in [1.82, 2.24) is 4.98 Å². The van der Waals surface area contributed by atoms with Gasteiger partial charge < -0.3 is 20.7 Å². The van der Waals surface area contributed by atoms with Crippen LogP contribution >= 0.6 is 22.9 Å². The molecular weight excluding hydrogens is 312 g/mol. The van der Waals surface area contributed by atoms with E-state index in [1.807, 2.05) is 14.1 Å². The fraction of sp³-hybridized carbons (Fsp3) is 0.231. The molecule has 0 aliphatic carbocycles. The van der Waals surface area contributed by atoms with Gasteiger partial charge in [-0.15, -0.1) is 0 Å². The van der Waals surface area contributed by atoms with E-state index in [1.165, 1.54) is 18.4 Å². The molecule has 2 aromatic rings. The number of nitrogen functional groups attached to an aromatic ring is 1. The van der Waals surface area contributed by atoms with Gasteiger partial charge in [0.15, 0.2) is 5.13 Å². The zero-order chi connectivity index (χ0) is 15.6. The van der Waals surface area contributed by atoms with Crippen LogP contribution in [-0.4, -0.2) is 32.1 Å². The summed E-state index contributed by atoms with van der Waals surface area (Å²) < 4.78 is 5.06. The van der Waals surface area contributed by atoms with Gasteiger partial charge in [0.25, 0.3) is 5.91 Å². The molecule has 1 heterocycles. The van der Waals surface area contributed by atoms with Crippen molar-refractivity contribution in [3.05, 3.63) is 28.1 Å². The Morgan fingerprint density at radius 3 is 2.71 bits per heavy atom. The quantitative estimate of drug-likeness (QED) is 0.903. The van der Waals surface area contributed by atoms with Crippen LogP contribution in [0, 0.1) is 0 Å². The Hall–Kier alpha value is -1.99. The van der Waals surface area contributed by atoms with Crippen molar-refractivity contribution in [2.75, 3.05) is 37.2 Å². The molecule has 0 atom stereocenters. The summed E-state index contributed by atoms with van der Waals surface area (Å²) in [6, 6.07) is 4.99. The summed E-state index contributed by atoms with van der Waals surface area (Å²) in [6.45, 7) is 0. The Balaban J connectivity index is 2.20. The van der Waals surface area contributed by atoms with E-state index in [9.17, 15) is 4.79 Å². The maximum Gasteiger partial charge on any atom is 0.269 e. The lowest BCUT2D eigenvalue weighted by Crippen LogP contribution is -2.12. The van der Waals surface area contributed by atoms with E-state index in [-0.39, 0.29) is 11.7 Å². The molecule has 0 aliphatic rings. The summed E-state index contributed by atoms with van der Waals surface area (Å²) in [4.78, 5) is 18.5. The van der Waals surface area contributed by atoms with Crippen molar-refractivity contribution in [3.63, 3.8) is 0 Å². The lowest BCUT2D eigenvalue weighted by molar-refractivity contribution is 0.103. The minimum atomic E-state index is -0.320. The monoisotopic (exact) mass is 326 g/mol. The zero-order valence-corrected chi connectivity index (χ0v) is 13.4. The van der Waals surface area contributed by atoms with Gasteiger partial charge in [-0.1, -0.05) is 22.9 Å². The predicted molar refractivity (Wildman–Crippen MR) is 86.8 cm³/mol. The van der Waals surface area contributed by atoms with Crippen LogP contribution in [0.2, 0.25) is 5.02 Å². The number of benzene rings is 1. The maximum atomic E-state index is 12.2. The topological polar surface area (TPSA) is 80.5 Å². The van der Waals surface area contributed by atoms with Crippen molar-refractivity contribution >= 4 is 45.5 Å². The standard InChI is InChI=1S/C13H15ClN4O2S/c1-18(2)13-17-11(15)10(21-13)12(19)16-7-4-5-9(20-3)8(14)6-7/h4-6H,15H2,1-3H3,(H,16,19). The molecule has 1 amide bonds. The molecule has 0 aliphatic heterocycles. The highest BCUT2D eigenvalue weighted by molar-refractivity contribution is 7.18. The van der Waals surface area contributed by atoms with E-state index in [1.54, 1.807) is 23.1 Å². The third kappa shape index (κ3) is 3.37. The maximum absolute atomic E-state index is 12.2. The summed E-state index contributed by atoms with van der Waals surface area (Å²) in [5.41, 5.74) is 6.34. The number of nitrogens with zero attached hydrogens (tertiary/aromatic N) is 2. The Morgan fingerprint density at radius 2 is 2.19 bits per heavy atom. The second kappa shape index (κ2) is 6.19. The van der Waals surface area contributed by atoms with Crippen LogP contribution in [0.15, 0.2) is 18.2 Å². The van der Waals surface area contributed by atoms with E-state index in [4.69, 9.17) is 22.1 Å². The SMILES string of the molecule is COc1ccc(NC(=O)c2sc(N(C)C)nc2N)cc1Cl. The molecule has 112 valence electrons. The molecule has 1 aromatic carbocycles. The highest BCUT2D eigenvalue weighted by atomic mass is 35.5. The number of nitrogens with one attached hydrogen (secondary N) is 1. The Kier molecular flexibility index (Phi) is 4.54. The molecule has 3 N–H and O–H groups in total. The molecule has 0 saturated carbocycles. The molecule has 0 fully saturated rings. The van der Waals surface area contributed by atoms with Gasteiger partial charge in [0, 0.05) is 19.8 Å². The smallest absolute Gasteiger partial charge is 0.269 e. The Bertz CT molecular complexity index is 672. The molecule has 8 heteroatoms. The predicted octanol–water partition coefficient (Wildman–Crippen LogP) is 2.71. The van der Waals surface area contributed by atoms with Crippen LogP contribution in [0.5, 0.6) is 5.75 Å². The van der Waals surface area contributed by atoms with Gasteiger partial charge in [0.2, 0.25) is 0 Å². The van der Waals surface area contributed by atoms with Crippen molar-refractivity contribution in [2.45, 2.75) is 0 Å². The van der Waals surface area contributed by atoms with Gasteiger partial charge in [-0.25, -0.2) is 4.98 Å². The fourth-order valence-corrected chi connectivity index (χ4v) is 2.67. The molecule has 0 spiro atoms. The minimum Gasteiger partial charge on any atom is -0.495 e. The van der Waals surface area contributed by atoms with Gasteiger partial charge in [-0.3, -0.25) is 4.79 Å². The molecule has 2 rings (SSSR count). The van der Waals surface area contributed by atoms with Crippen LogP contribution < -0.4 is 20.7 Å². The van der Waals surface area contributed by atoms with Crippen LogP contribution in [0.4, 0.5) is 16.6 Å². The Morgan fingerprint density at radius 1 is 1.48 bits per heavy atom. The lowest BCUT2D eigenvalue weighted by atomic mass is 10.3. The summed E-state index contributed by atoms with van der Waals surface area (Å²) >= 11 is 7.25. The molecule has 6 nitrogen and oxygen atoms in total. The zero-order valence-electron chi connectivity index (χ0n) is 11.8. The molecule has 0 unspecified atom stereocenters. The summed E-state index contributed by atoms with van der Waals surface area (Å²) in [5.74, 6) is 0.432. The Labute approximate surface area is 131 Å². The number of aromatic nitrogens is 1. The van der Waals surface area contributed by atoms with Gasteiger partial charge in [0.05, 0.1) is 12.1 Å². The van der Waals surface area contributed by atoms with Crippen LogP contribution in [0.1, 0.15) is 9.67 Å². The molecular formula is C13H15ClN4O2S. The van der Waals surface area contributed by atoms with E-state index in [0.717, 1.165) is 0 Å². The van der Waals surface area contributed by atoms with Crippen molar-refractivity contribution in [2.24, 2.45) is 0 Å². The number of nitrogens with two attached hydrogens (primary N) is 1. The van der Waals surface area contributed by atoms with Gasteiger partial charge in [0.1, 0.15) is 16.4 Å². The molecule has 21 heavy (non-hydrogen) atoms. The number of carbonyl (C=O) groups is 1. The third-order valence-electron chi connectivity index (χ3n) is 2.64. The third-order valence-corrected chi connectivity index (χ3v) is 4.17. The lowest BCUT2D eigenvalue weighted by Gasteiger charge is -2.07. The second-order valence-corrected chi connectivity index (χ2v) is 5.79. The molecule has 0 saturated heterocycles. The summed E-state index contributed by atoms with van der Waals surface area (Å²) in [7, 11) is 5.20. The van der Waals surface area contributed by atoms with Crippen molar-refractivity contribution in [1.29, 1.82) is 0 Å². The van der Waals surface area contributed by atoms with Crippen LogP contribution in [0.25, 0.3) is 0 Å². The first-order valence-electron chi connectivity index (χ1n) is 6.01. The van der Waals surface area contributed by atoms with Crippen LogP contribution in [-0.2, 0) is 0 Å². The number of anilines is 3. The molecule has 1 aromatic heterocycles. The number of amides is 1. The first-order chi connectivity index (χ1) is 9.92. The van der Waals surface area contributed by atoms with Gasteiger partial charge in [-0.2, -0.15) is 0 Å². The van der Waals surface area contributed by atoms with E-state index in [2.05, 4.69) is 10.3 Å². The summed E-state index contributed by atoms with van der Waals surface area (Å²) in [5, 5.41) is 3.83. The average Bonchev–Trinajstić information content (AvgIpc) is 2.81. The number of rotatable bonds is 4. The van der Waals surface area contributed by atoms with Crippen molar-refractivity contribution < 1.29 is 9.53 Å². The number of methoxy groups -OCH3 is 1. The van der Waals surface area contributed by atoms with Gasteiger partial charge >= 0.3 is 0 Å². The van der Waals surface area contributed by atoms with Gasteiger partial charge in [-0.05, 0) is 18.2 Å². The fourth-order valence-electron chi connectivity index (χ4n) is 1.61. The number of halogens is 1. The normalized spacial score (nSPS) is 10.3. The first-order valence-corrected chi connectivity index (χ1v) is 7.20. The number of hydrogen-bond acceptors (Lipinski definition) is 6. The minimum absolute atomic E-state index is 0.209. The van der Waals surface area contributed by atoms with E-state index < -0.39 is 0 Å². The highest BCUT2D eigenvalue weighted by Gasteiger charge is 2.17. The van der Waals surface area contributed by atoms with Crippen molar-refractivity contribution in [3.8, 4) is 5.75 Å². The largest absolute Gasteiger partial charge is 0.495 e. The molecule has 0 radical (unpaired) electrons. The summed E-state index contributed by atoms with van der Waals surface area (Å²) in [6.07, 6.45) is 0. The van der Waals surface area contributed by atoms with Crippen LogP contribution in [0.3, 0.4) is 0 Å².